The minimum absolute atomic E-state index is 0.00284. The molecule has 0 rings (SSSR count). The number of guanidine groups is 1. The van der Waals surface area contributed by atoms with Gasteiger partial charge in [-0.05, 0) is 73.4 Å². The molecule has 0 aliphatic heterocycles. The third-order valence-electron chi connectivity index (χ3n) is 4.01. The third-order valence-corrected chi connectivity index (χ3v) is 4.01. The molecule has 0 radical (unpaired) electrons. The van der Waals surface area contributed by atoms with Gasteiger partial charge in [0.1, 0.15) is 0 Å². The predicted molar refractivity (Wildman–Crippen MR) is 111 cm³/mol. The lowest BCUT2D eigenvalue weighted by Gasteiger charge is -2.22. The van der Waals surface area contributed by atoms with Crippen LogP contribution in [0.3, 0.4) is 0 Å². The zero-order valence-corrected chi connectivity index (χ0v) is 17.6. The summed E-state index contributed by atoms with van der Waals surface area (Å²) in [5.41, 5.74) is 5.94. The van der Waals surface area contributed by atoms with E-state index in [1.807, 2.05) is 0 Å². The fraction of sp³-hybridized carbons (Fsp3) is 0.950. The summed E-state index contributed by atoms with van der Waals surface area (Å²) >= 11 is 0. The second-order valence-electron chi connectivity index (χ2n) is 8.99. The van der Waals surface area contributed by atoms with Crippen LogP contribution in [0, 0.1) is 5.41 Å². The molecule has 0 fully saturated rings. The largest absolute Gasteiger partial charge is 0.357 e. The first-order valence-corrected chi connectivity index (χ1v) is 10.2. The Bertz CT molecular complexity index is 328. The van der Waals surface area contributed by atoms with Gasteiger partial charge in [0.25, 0.3) is 0 Å². The smallest absolute Gasteiger partial charge is 0.188 e. The molecule has 0 aromatic heterocycles. The Labute approximate surface area is 156 Å². The maximum atomic E-state index is 7.79. The summed E-state index contributed by atoms with van der Waals surface area (Å²) < 4.78 is 0. The third kappa shape index (κ3) is 21.1. The minimum atomic E-state index is -0.0449. The predicted octanol–water partition coefficient (Wildman–Crippen LogP) is 3.74. The topological polar surface area (TPSA) is 86.0 Å². The summed E-state index contributed by atoms with van der Waals surface area (Å²) in [6, 6.07) is 0. The van der Waals surface area contributed by atoms with Crippen molar-refractivity contribution < 1.29 is 0 Å². The van der Waals surface area contributed by atoms with Gasteiger partial charge in [-0.1, -0.05) is 32.1 Å². The van der Waals surface area contributed by atoms with Gasteiger partial charge in [-0.2, -0.15) is 0 Å². The van der Waals surface area contributed by atoms with Crippen molar-refractivity contribution in [2.75, 3.05) is 19.6 Å². The van der Waals surface area contributed by atoms with Crippen molar-refractivity contribution >= 4 is 5.96 Å². The van der Waals surface area contributed by atoms with Crippen molar-refractivity contribution in [3.05, 3.63) is 0 Å². The molecule has 0 amide bonds. The van der Waals surface area contributed by atoms with Gasteiger partial charge in [-0.25, -0.2) is 0 Å². The van der Waals surface area contributed by atoms with Gasteiger partial charge in [-0.15, -0.1) is 0 Å². The Morgan fingerprint density at radius 2 is 1.24 bits per heavy atom. The van der Waals surface area contributed by atoms with Crippen molar-refractivity contribution in [2.45, 2.75) is 103 Å². The molecule has 0 aromatic carbocycles. The highest BCUT2D eigenvalue weighted by molar-refractivity contribution is 5.77. The lowest BCUT2D eigenvalue weighted by Crippen LogP contribution is -2.47. The summed E-state index contributed by atoms with van der Waals surface area (Å²) in [7, 11) is 0. The van der Waals surface area contributed by atoms with E-state index >= 15 is 0 Å². The number of nitrogens with one attached hydrogen (secondary N) is 4. The van der Waals surface area contributed by atoms with Gasteiger partial charge in [0.2, 0.25) is 0 Å². The van der Waals surface area contributed by atoms with Gasteiger partial charge in [0.15, 0.2) is 5.96 Å². The number of hydrogen-bond donors (Lipinski definition) is 5. The van der Waals surface area contributed by atoms with Gasteiger partial charge in [-0.3, -0.25) is 5.41 Å². The highest BCUT2D eigenvalue weighted by atomic mass is 15.2. The number of unbranched alkanes of at least 4 members (excludes halogenated alkanes) is 6. The summed E-state index contributed by atoms with van der Waals surface area (Å²) in [6.07, 6.45) is 11.1. The maximum absolute atomic E-state index is 7.79. The Morgan fingerprint density at radius 1 is 0.760 bits per heavy atom. The fourth-order valence-corrected chi connectivity index (χ4v) is 2.67. The van der Waals surface area contributed by atoms with Crippen LogP contribution in [0.4, 0.5) is 0 Å². The molecule has 0 saturated heterocycles. The lowest BCUT2D eigenvalue weighted by atomic mass is 9.98. The van der Waals surface area contributed by atoms with E-state index in [2.05, 4.69) is 50.6 Å². The molecule has 0 heterocycles. The molecule has 0 bridgehead atoms. The number of hydrogen-bond acceptors (Lipinski definition) is 3. The van der Waals surface area contributed by atoms with Gasteiger partial charge >= 0.3 is 0 Å². The van der Waals surface area contributed by atoms with E-state index in [9.17, 15) is 0 Å². The summed E-state index contributed by atoms with van der Waals surface area (Å²) in [5.74, 6) is 0.434. The monoisotopic (exact) mass is 355 g/mol. The van der Waals surface area contributed by atoms with Crippen LogP contribution >= 0.6 is 0 Å². The second-order valence-corrected chi connectivity index (χ2v) is 8.99. The first kappa shape index (κ1) is 24.2. The van der Waals surface area contributed by atoms with E-state index < -0.39 is 0 Å². The summed E-state index contributed by atoms with van der Waals surface area (Å²) in [4.78, 5) is 0. The average Bonchev–Trinajstić information content (AvgIpc) is 2.44. The first-order chi connectivity index (χ1) is 11.6. The van der Waals surface area contributed by atoms with Crippen LogP contribution in [0.1, 0.15) is 92.4 Å². The summed E-state index contributed by atoms with van der Waals surface area (Å²) in [5, 5.41) is 17.6. The van der Waals surface area contributed by atoms with Crippen LogP contribution in [0.5, 0.6) is 0 Å². The molecule has 0 atom stereocenters. The van der Waals surface area contributed by atoms with Crippen LogP contribution in [-0.4, -0.2) is 36.7 Å². The lowest BCUT2D eigenvalue weighted by molar-refractivity contribution is 0.441. The molecule has 5 heteroatoms. The molecule has 0 aliphatic rings. The van der Waals surface area contributed by atoms with E-state index in [0.717, 1.165) is 32.5 Å². The SMILES string of the molecule is CC(C)(N)CCCCCCNCCCCCCNC(=N)NC(C)(C)C. The van der Waals surface area contributed by atoms with E-state index in [0.29, 0.717) is 5.96 Å². The highest BCUT2D eigenvalue weighted by Gasteiger charge is 2.10. The molecule has 25 heavy (non-hydrogen) atoms. The minimum Gasteiger partial charge on any atom is -0.357 e. The number of nitrogens with two attached hydrogens (primary N) is 1. The zero-order valence-electron chi connectivity index (χ0n) is 17.6. The molecule has 0 unspecified atom stereocenters. The molecular weight excluding hydrogens is 310 g/mol. The van der Waals surface area contributed by atoms with Gasteiger partial charge in [0.05, 0.1) is 0 Å². The molecule has 5 nitrogen and oxygen atoms in total. The Morgan fingerprint density at radius 3 is 1.72 bits per heavy atom. The van der Waals surface area contributed by atoms with Gasteiger partial charge < -0.3 is 21.7 Å². The Balaban J connectivity index is 3.21. The van der Waals surface area contributed by atoms with Crippen LogP contribution in [-0.2, 0) is 0 Å². The molecule has 0 aromatic rings. The van der Waals surface area contributed by atoms with Crippen molar-refractivity contribution in [2.24, 2.45) is 5.73 Å². The van der Waals surface area contributed by atoms with E-state index in [1.165, 1.54) is 44.9 Å². The normalized spacial score (nSPS) is 12.2. The van der Waals surface area contributed by atoms with Crippen LogP contribution in [0.15, 0.2) is 0 Å². The second kappa shape index (κ2) is 13.4. The molecule has 6 N–H and O–H groups in total. The highest BCUT2D eigenvalue weighted by Crippen LogP contribution is 2.11. The zero-order chi connectivity index (χ0) is 19.2. The maximum Gasteiger partial charge on any atom is 0.188 e. The fourth-order valence-electron chi connectivity index (χ4n) is 2.67. The van der Waals surface area contributed by atoms with Crippen molar-refractivity contribution in [3.8, 4) is 0 Å². The van der Waals surface area contributed by atoms with E-state index in [4.69, 9.17) is 11.1 Å². The Kier molecular flexibility index (Phi) is 13.0. The van der Waals surface area contributed by atoms with Crippen molar-refractivity contribution in [1.82, 2.24) is 16.0 Å². The number of rotatable bonds is 14. The van der Waals surface area contributed by atoms with Crippen LogP contribution in [0.2, 0.25) is 0 Å². The van der Waals surface area contributed by atoms with E-state index in [1.54, 1.807) is 0 Å². The van der Waals surface area contributed by atoms with Crippen molar-refractivity contribution in [3.63, 3.8) is 0 Å². The van der Waals surface area contributed by atoms with Crippen molar-refractivity contribution in [1.29, 1.82) is 5.41 Å². The van der Waals surface area contributed by atoms with Crippen LogP contribution < -0.4 is 21.7 Å². The van der Waals surface area contributed by atoms with E-state index in [-0.39, 0.29) is 11.1 Å². The molecule has 0 saturated carbocycles. The van der Waals surface area contributed by atoms with Gasteiger partial charge in [0, 0.05) is 17.6 Å². The quantitative estimate of drug-likeness (QED) is 0.187. The van der Waals surface area contributed by atoms with Crippen LogP contribution in [0.25, 0.3) is 0 Å². The Hall–Kier alpha value is -0.810. The first-order valence-electron chi connectivity index (χ1n) is 10.2. The molecular formula is C20H45N5. The average molecular weight is 356 g/mol. The standard InChI is InChI=1S/C20H45N5/c1-19(2,3)25-18(21)24-17-13-9-8-12-16-23-15-11-7-6-10-14-20(4,5)22/h23H,6-17,22H2,1-5H3,(H3,21,24,25). The molecule has 150 valence electrons. The molecule has 0 spiro atoms. The molecule has 0 aliphatic carbocycles. The summed E-state index contributed by atoms with van der Waals surface area (Å²) in [6.45, 7) is 13.6.